The van der Waals surface area contributed by atoms with Crippen LogP contribution in [0.5, 0.6) is 11.5 Å². The number of nitrogens with zero attached hydrogens (tertiary/aromatic N) is 1. The largest absolute Gasteiger partial charge is 0.454 e. The van der Waals surface area contributed by atoms with Crippen molar-refractivity contribution >= 4 is 28.2 Å². The average Bonchev–Trinajstić information content (AvgIpc) is 3.22. The van der Waals surface area contributed by atoms with Gasteiger partial charge in [-0.25, -0.2) is 4.98 Å². The van der Waals surface area contributed by atoms with Crippen LogP contribution in [0.15, 0.2) is 48.5 Å². The minimum atomic E-state index is -0.587. The molecule has 7 heteroatoms. The molecule has 5 rings (SSSR count). The van der Waals surface area contributed by atoms with Gasteiger partial charge in [0, 0.05) is 12.5 Å². The van der Waals surface area contributed by atoms with Gasteiger partial charge in [0.2, 0.25) is 12.7 Å². The van der Waals surface area contributed by atoms with E-state index in [1.165, 1.54) is 18.3 Å². The van der Waals surface area contributed by atoms with E-state index in [0.29, 0.717) is 27.2 Å². The number of amides is 1. The van der Waals surface area contributed by atoms with Gasteiger partial charge < -0.3 is 14.8 Å². The Bertz CT molecular complexity index is 1120. The molecule has 1 aliphatic carbocycles. The van der Waals surface area contributed by atoms with E-state index in [2.05, 4.69) is 10.3 Å². The number of benzene rings is 2. The van der Waals surface area contributed by atoms with Crippen LogP contribution in [0.2, 0.25) is 0 Å². The first-order chi connectivity index (χ1) is 14.1. The minimum absolute atomic E-state index is 0.0706. The molecule has 0 saturated heterocycles. The van der Waals surface area contributed by atoms with E-state index in [-0.39, 0.29) is 18.5 Å². The molecule has 0 atom stereocenters. The fourth-order valence-corrected chi connectivity index (χ4v) is 4.46. The first-order valence-corrected chi connectivity index (χ1v) is 10.2. The zero-order valence-corrected chi connectivity index (χ0v) is 16.5. The van der Waals surface area contributed by atoms with Gasteiger partial charge in [-0.05, 0) is 30.5 Å². The molecule has 1 saturated carbocycles. The molecule has 1 amide bonds. The predicted molar refractivity (Wildman–Crippen MR) is 110 cm³/mol. The number of ketones is 1. The monoisotopic (exact) mass is 406 g/mol. The zero-order valence-electron chi connectivity index (χ0n) is 15.7. The number of carbonyl (C=O) groups excluding carboxylic acids is 2. The van der Waals surface area contributed by atoms with Gasteiger partial charge in [0.1, 0.15) is 0 Å². The van der Waals surface area contributed by atoms with Crippen molar-refractivity contribution in [1.29, 1.82) is 0 Å². The smallest absolute Gasteiger partial charge is 0.236 e. The Morgan fingerprint density at radius 3 is 2.55 bits per heavy atom. The molecule has 3 aromatic rings. The lowest BCUT2D eigenvalue weighted by atomic mass is 9.94. The number of hydrogen-bond acceptors (Lipinski definition) is 6. The molecule has 0 bridgehead atoms. The molecule has 1 N–H and O–H groups in total. The Morgan fingerprint density at radius 2 is 1.83 bits per heavy atom. The van der Waals surface area contributed by atoms with Crippen LogP contribution in [-0.2, 0) is 10.2 Å². The number of anilines is 1. The van der Waals surface area contributed by atoms with Crippen molar-refractivity contribution in [2.24, 2.45) is 0 Å². The maximum Gasteiger partial charge on any atom is 0.236 e. The summed E-state index contributed by atoms with van der Waals surface area (Å²) < 4.78 is 10.8. The number of ether oxygens (including phenoxy) is 2. The summed E-state index contributed by atoms with van der Waals surface area (Å²) in [6, 6.07) is 15.2. The highest BCUT2D eigenvalue weighted by Gasteiger charge is 2.52. The predicted octanol–water partition coefficient (Wildman–Crippen LogP) is 4.41. The summed E-state index contributed by atoms with van der Waals surface area (Å²) in [5.74, 6) is 1.18. The third-order valence-corrected chi connectivity index (χ3v) is 6.40. The average molecular weight is 406 g/mol. The van der Waals surface area contributed by atoms with Gasteiger partial charge in [-0.1, -0.05) is 47.7 Å². The van der Waals surface area contributed by atoms with E-state index in [1.807, 2.05) is 48.5 Å². The number of Topliss-reactive ketones (excluding diaryl/α,β-unsaturated/α-hetero) is 1. The van der Waals surface area contributed by atoms with Crippen LogP contribution in [-0.4, -0.2) is 23.5 Å². The summed E-state index contributed by atoms with van der Waals surface area (Å²) in [7, 11) is 0. The van der Waals surface area contributed by atoms with Crippen LogP contribution >= 0.6 is 11.3 Å². The number of rotatable bonds is 5. The van der Waals surface area contributed by atoms with E-state index in [0.717, 1.165) is 24.0 Å². The number of carbonyl (C=O) groups is 2. The molecule has 2 aromatic carbocycles. The van der Waals surface area contributed by atoms with E-state index in [1.54, 1.807) is 0 Å². The lowest BCUT2D eigenvalue weighted by molar-refractivity contribution is -0.118. The maximum absolute atomic E-state index is 13.1. The molecule has 29 heavy (non-hydrogen) atoms. The van der Waals surface area contributed by atoms with Crippen LogP contribution in [0.25, 0.3) is 11.3 Å². The number of aromatic nitrogens is 1. The van der Waals surface area contributed by atoms with Crippen molar-refractivity contribution in [2.45, 2.75) is 25.2 Å². The van der Waals surface area contributed by atoms with Crippen LogP contribution in [0.3, 0.4) is 0 Å². The lowest BCUT2D eigenvalue weighted by Gasteiger charge is -2.15. The topological polar surface area (TPSA) is 77.5 Å². The van der Waals surface area contributed by atoms with E-state index < -0.39 is 5.41 Å². The van der Waals surface area contributed by atoms with Gasteiger partial charge in [0.05, 0.1) is 16.0 Å². The van der Waals surface area contributed by atoms with Gasteiger partial charge in [0.25, 0.3) is 0 Å². The Labute approximate surface area is 171 Å². The van der Waals surface area contributed by atoms with Crippen molar-refractivity contribution in [3.05, 3.63) is 59.0 Å². The maximum atomic E-state index is 13.1. The summed E-state index contributed by atoms with van der Waals surface area (Å²) in [6.45, 7) is 1.72. The summed E-state index contributed by atoms with van der Waals surface area (Å²) in [4.78, 5) is 30.3. The van der Waals surface area contributed by atoms with Crippen molar-refractivity contribution in [3.8, 4) is 22.8 Å². The normalized spacial score (nSPS) is 15.8. The van der Waals surface area contributed by atoms with Gasteiger partial charge in [0.15, 0.2) is 22.4 Å². The third-order valence-electron chi connectivity index (χ3n) is 5.32. The number of nitrogens with one attached hydrogen (secondary N) is 1. The highest BCUT2D eigenvalue weighted by Crippen LogP contribution is 2.51. The van der Waals surface area contributed by atoms with Crippen molar-refractivity contribution in [1.82, 2.24) is 4.98 Å². The molecule has 0 unspecified atom stereocenters. The molecule has 2 heterocycles. The molecular weight excluding hydrogens is 388 g/mol. The number of thiazole rings is 1. The van der Waals surface area contributed by atoms with Crippen molar-refractivity contribution < 1.29 is 19.1 Å². The first-order valence-electron chi connectivity index (χ1n) is 9.36. The Balaban J connectivity index is 1.43. The molecular formula is C22H18N2O4S. The SMILES string of the molecule is CC(=O)c1sc(NC(=O)C2(c3ccc4c(c3)OCO4)CC2)nc1-c1ccccc1. The molecule has 0 spiro atoms. The van der Waals surface area contributed by atoms with Crippen molar-refractivity contribution in [3.63, 3.8) is 0 Å². The van der Waals surface area contributed by atoms with Gasteiger partial charge in [-0.2, -0.15) is 0 Å². The molecule has 1 aromatic heterocycles. The first kappa shape index (κ1) is 17.9. The summed E-state index contributed by atoms with van der Waals surface area (Å²) in [5.41, 5.74) is 1.78. The molecule has 1 aliphatic heterocycles. The van der Waals surface area contributed by atoms with Crippen LogP contribution in [0, 0.1) is 0 Å². The fourth-order valence-electron chi connectivity index (χ4n) is 3.59. The minimum Gasteiger partial charge on any atom is -0.454 e. The van der Waals surface area contributed by atoms with Crippen LogP contribution in [0.4, 0.5) is 5.13 Å². The molecule has 146 valence electrons. The standard InChI is InChI=1S/C22H18N2O4S/c1-13(25)19-18(14-5-3-2-4-6-14)23-21(29-19)24-20(26)22(9-10-22)15-7-8-16-17(11-15)28-12-27-16/h2-8,11H,9-10,12H2,1H3,(H,23,24,26). The van der Waals surface area contributed by atoms with E-state index in [4.69, 9.17) is 9.47 Å². The molecule has 0 radical (unpaired) electrons. The highest BCUT2D eigenvalue weighted by atomic mass is 32.1. The Morgan fingerprint density at radius 1 is 1.07 bits per heavy atom. The van der Waals surface area contributed by atoms with Crippen LogP contribution in [0.1, 0.15) is 35.0 Å². The Hall–Kier alpha value is -3.19. The van der Waals surface area contributed by atoms with E-state index >= 15 is 0 Å². The summed E-state index contributed by atoms with van der Waals surface area (Å²) in [5, 5.41) is 3.38. The molecule has 6 nitrogen and oxygen atoms in total. The van der Waals surface area contributed by atoms with Gasteiger partial charge in [-0.15, -0.1) is 0 Å². The third kappa shape index (κ3) is 3.07. The van der Waals surface area contributed by atoms with Gasteiger partial charge in [-0.3, -0.25) is 9.59 Å². The Kier molecular flexibility index (Phi) is 4.13. The summed E-state index contributed by atoms with van der Waals surface area (Å²) in [6.07, 6.45) is 1.52. The molecule has 2 aliphatic rings. The number of fused-ring (bicyclic) bond motifs is 1. The lowest BCUT2D eigenvalue weighted by Crippen LogP contribution is -2.27. The highest BCUT2D eigenvalue weighted by molar-refractivity contribution is 7.18. The quantitative estimate of drug-likeness (QED) is 0.635. The second-order valence-electron chi connectivity index (χ2n) is 7.22. The van der Waals surface area contributed by atoms with Gasteiger partial charge >= 0.3 is 0 Å². The number of hydrogen-bond donors (Lipinski definition) is 1. The van der Waals surface area contributed by atoms with E-state index in [9.17, 15) is 9.59 Å². The summed E-state index contributed by atoms with van der Waals surface area (Å²) >= 11 is 1.21. The van der Waals surface area contributed by atoms with Crippen molar-refractivity contribution in [2.75, 3.05) is 12.1 Å². The second kappa shape index (κ2) is 6.70. The van der Waals surface area contributed by atoms with Crippen LogP contribution < -0.4 is 14.8 Å². The second-order valence-corrected chi connectivity index (χ2v) is 8.22. The molecule has 1 fully saturated rings. The fraction of sp³-hybridized carbons (Fsp3) is 0.227. The zero-order chi connectivity index (χ0) is 20.0.